The third-order valence-electron chi connectivity index (χ3n) is 4.90. The van der Waals surface area contributed by atoms with E-state index in [1.54, 1.807) is 24.4 Å². The van der Waals surface area contributed by atoms with Gasteiger partial charge in [0.2, 0.25) is 5.95 Å². The molecule has 0 bridgehead atoms. The van der Waals surface area contributed by atoms with Gasteiger partial charge in [0.1, 0.15) is 37.0 Å². The summed E-state index contributed by atoms with van der Waals surface area (Å²) in [7, 11) is 0. The second-order valence-corrected chi connectivity index (χ2v) is 7.00. The minimum Gasteiger partial charge on any atom is -0.490 e. The van der Waals surface area contributed by atoms with Crippen molar-refractivity contribution in [3.63, 3.8) is 0 Å². The first-order chi connectivity index (χ1) is 15.5. The van der Waals surface area contributed by atoms with Crippen LogP contribution < -0.4 is 15.9 Å². The fourth-order valence-corrected chi connectivity index (χ4v) is 3.31. The van der Waals surface area contributed by atoms with Crippen LogP contribution in [-0.2, 0) is 4.74 Å². The van der Waals surface area contributed by atoms with Crippen LogP contribution in [0.25, 0.3) is 11.2 Å². The van der Waals surface area contributed by atoms with Gasteiger partial charge >= 0.3 is 0 Å². The Morgan fingerprint density at radius 3 is 2.72 bits per heavy atom. The Hall–Kier alpha value is -3.58. The number of aliphatic hydroxyl groups excluding tert-OH is 3. The van der Waals surface area contributed by atoms with E-state index in [0.29, 0.717) is 12.4 Å². The average molecular weight is 441 g/mol. The van der Waals surface area contributed by atoms with Crippen LogP contribution in [0.5, 0.6) is 5.75 Å². The van der Waals surface area contributed by atoms with E-state index in [1.165, 1.54) is 10.9 Å². The molecule has 32 heavy (non-hydrogen) atoms. The summed E-state index contributed by atoms with van der Waals surface area (Å²) in [6.07, 6.45) is -0.207. The van der Waals surface area contributed by atoms with Gasteiger partial charge in [-0.2, -0.15) is 5.10 Å². The van der Waals surface area contributed by atoms with Crippen molar-refractivity contribution >= 4 is 29.1 Å². The predicted molar refractivity (Wildman–Crippen MR) is 116 cm³/mol. The first-order valence-electron chi connectivity index (χ1n) is 9.77. The van der Waals surface area contributed by atoms with E-state index >= 15 is 0 Å². The third-order valence-corrected chi connectivity index (χ3v) is 4.90. The normalized spacial score (nSPS) is 23.1. The van der Waals surface area contributed by atoms with Gasteiger partial charge in [0.25, 0.3) is 0 Å². The number of ether oxygens (including phenoxy) is 2. The second kappa shape index (κ2) is 9.28. The number of fused-ring (bicyclic) bond motifs is 1. The van der Waals surface area contributed by atoms with Gasteiger partial charge < -0.3 is 30.5 Å². The molecule has 4 atom stereocenters. The first kappa shape index (κ1) is 21.6. The van der Waals surface area contributed by atoms with Crippen molar-refractivity contribution in [2.45, 2.75) is 24.5 Å². The van der Waals surface area contributed by atoms with Gasteiger partial charge in [0, 0.05) is 0 Å². The third kappa shape index (κ3) is 4.11. The van der Waals surface area contributed by atoms with Crippen molar-refractivity contribution in [1.82, 2.24) is 19.5 Å². The summed E-state index contributed by atoms with van der Waals surface area (Å²) in [6.45, 7) is 3.56. The van der Waals surface area contributed by atoms with Crippen LogP contribution in [0.15, 0.2) is 48.3 Å². The van der Waals surface area contributed by atoms with Gasteiger partial charge in [0.15, 0.2) is 23.2 Å². The molecule has 1 saturated heterocycles. The molecule has 0 saturated carbocycles. The number of hydrogen-bond donors (Lipinski definition) is 5. The largest absolute Gasteiger partial charge is 0.490 e. The fraction of sp³-hybridized carbons (Fsp3) is 0.300. The highest BCUT2D eigenvalue weighted by atomic mass is 16.6. The van der Waals surface area contributed by atoms with Crippen LogP contribution in [0, 0.1) is 0 Å². The molecule has 0 radical (unpaired) electrons. The highest BCUT2D eigenvalue weighted by Crippen LogP contribution is 2.35. The van der Waals surface area contributed by atoms with Gasteiger partial charge in [-0.3, -0.25) is 4.57 Å². The number of hydrogen-bond acceptors (Lipinski definition) is 11. The first-order valence-corrected chi connectivity index (χ1v) is 9.77. The zero-order valence-corrected chi connectivity index (χ0v) is 16.9. The zero-order chi connectivity index (χ0) is 22.7. The number of rotatable bonds is 8. The van der Waals surface area contributed by atoms with E-state index in [2.05, 4.69) is 32.1 Å². The molecular formula is C20H23N7O5. The number of nitrogens with two attached hydrogens (primary N) is 1. The van der Waals surface area contributed by atoms with Gasteiger partial charge in [-0.15, -0.1) is 0 Å². The van der Waals surface area contributed by atoms with E-state index in [0.717, 1.165) is 5.56 Å². The Bertz CT molecular complexity index is 1120. The number of anilines is 2. The second-order valence-electron chi connectivity index (χ2n) is 7.00. The molecule has 1 aliphatic heterocycles. The van der Waals surface area contributed by atoms with Crippen LogP contribution in [0.2, 0.25) is 0 Å². The number of aromatic nitrogens is 4. The fourth-order valence-electron chi connectivity index (χ4n) is 3.31. The van der Waals surface area contributed by atoms with E-state index in [9.17, 15) is 15.3 Å². The summed E-state index contributed by atoms with van der Waals surface area (Å²) in [5.74, 6) is 0.988. The van der Waals surface area contributed by atoms with Crippen molar-refractivity contribution in [3.05, 3.63) is 48.8 Å². The molecule has 4 rings (SSSR count). The number of nitrogen functional groups attached to an aromatic ring is 1. The Kier molecular flexibility index (Phi) is 6.28. The maximum Gasteiger partial charge on any atom is 0.228 e. The van der Waals surface area contributed by atoms with Gasteiger partial charge in [-0.05, 0) is 29.8 Å². The molecule has 1 fully saturated rings. The summed E-state index contributed by atoms with van der Waals surface area (Å²) >= 11 is 0. The number of benzene rings is 1. The molecule has 1 aromatic carbocycles. The monoisotopic (exact) mass is 441 g/mol. The lowest BCUT2D eigenvalue weighted by Gasteiger charge is -2.18. The maximum atomic E-state index is 10.5. The van der Waals surface area contributed by atoms with Crippen LogP contribution in [-0.4, -0.2) is 72.6 Å². The molecular weight excluding hydrogens is 418 g/mol. The molecule has 6 N–H and O–H groups in total. The van der Waals surface area contributed by atoms with Gasteiger partial charge in [-0.25, -0.2) is 20.4 Å². The van der Waals surface area contributed by atoms with Gasteiger partial charge in [0.05, 0.1) is 12.8 Å². The minimum absolute atomic E-state index is 0.127. The predicted octanol–water partition coefficient (Wildman–Crippen LogP) is 0.0308. The molecule has 168 valence electrons. The Balaban J connectivity index is 1.61. The molecule has 3 aromatic rings. The van der Waals surface area contributed by atoms with E-state index in [-0.39, 0.29) is 22.9 Å². The number of aliphatic hydroxyl groups is 3. The zero-order valence-electron chi connectivity index (χ0n) is 16.9. The Labute approximate surface area is 182 Å². The van der Waals surface area contributed by atoms with Gasteiger partial charge in [-0.1, -0.05) is 12.7 Å². The molecule has 2 aromatic heterocycles. The van der Waals surface area contributed by atoms with E-state index in [1.807, 2.05) is 12.1 Å². The lowest BCUT2D eigenvalue weighted by atomic mass is 10.1. The van der Waals surface area contributed by atoms with E-state index in [4.69, 9.17) is 15.2 Å². The quantitative estimate of drug-likeness (QED) is 0.182. The van der Waals surface area contributed by atoms with Crippen LogP contribution in [0.1, 0.15) is 11.8 Å². The minimum atomic E-state index is -1.34. The molecule has 1 aliphatic rings. The lowest BCUT2D eigenvalue weighted by molar-refractivity contribution is -0.0501. The summed E-state index contributed by atoms with van der Waals surface area (Å²) in [5.41, 5.74) is 10.0. The van der Waals surface area contributed by atoms with Crippen LogP contribution in [0.4, 0.5) is 11.8 Å². The molecule has 3 heterocycles. The molecule has 0 aliphatic carbocycles. The summed E-state index contributed by atoms with van der Waals surface area (Å²) < 4.78 is 12.5. The lowest BCUT2D eigenvalue weighted by Crippen LogP contribution is -2.33. The van der Waals surface area contributed by atoms with Crippen LogP contribution >= 0.6 is 0 Å². The summed E-state index contributed by atoms with van der Waals surface area (Å²) in [5, 5.41) is 34.2. The van der Waals surface area contributed by atoms with Crippen molar-refractivity contribution < 1.29 is 24.8 Å². The Morgan fingerprint density at radius 2 is 2.03 bits per heavy atom. The standard InChI is InChI=1S/C20H23N7O5/c1-2-7-31-12-5-3-11(4-6-12)8-24-26-20-25-14-17(21)22-10-23-18(14)27(20)19-16(30)15(29)13(9-28)32-19/h2-6,8,10,13,15-16,19,28-30H,1,7,9H2,(H,25,26)(H2,21,22,23)/b24-8-/t13-,15+,16+,19-/m0/s1. The van der Waals surface area contributed by atoms with E-state index < -0.39 is 31.1 Å². The number of nitrogens with one attached hydrogen (secondary N) is 1. The molecule has 12 heteroatoms. The van der Waals surface area contributed by atoms with Crippen molar-refractivity contribution in [3.8, 4) is 5.75 Å². The maximum absolute atomic E-state index is 10.5. The van der Waals surface area contributed by atoms with Crippen molar-refractivity contribution in [2.75, 3.05) is 24.4 Å². The van der Waals surface area contributed by atoms with Crippen molar-refractivity contribution in [1.29, 1.82) is 0 Å². The SMILES string of the molecule is C=CCOc1ccc(/C=N\Nc2nc3c(N)ncnc3n2[C@H]2O[C@@H](CO)[C@@H](O)[C@H]2O)cc1. The topological polar surface area (TPSA) is 173 Å². The number of nitrogens with zero attached hydrogens (tertiary/aromatic N) is 5. The average Bonchev–Trinajstić information content (AvgIpc) is 3.31. The smallest absolute Gasteiger partial charge is 0.228 e. The Morgan fingerprint density at radius 1 is 1.25 bits per heavy atom. The molecule has 12 nitrogen and oxygen atoms in total. The van der Waals surface area contributed by atoms with Crippen LogP contribution in [0.3, 0.4) is 0 Å². The molecule has 0 amide bonds. The van der Waals surface area contributed by atoms with Crippen molar-refractivity contribution in [2.24, 2.45) is 5.10 Å². The number of imidazole rings is 1. The number of hydrazone groups is 1. The highest BCUT2D eigenvalue weighted by molar-refractivity contribution is 5.84. The summed E-state index contributed by atoms with van der Waals surface area (Å²) in [4.78, 5) is 12.5. The summed E-state index contributed by atoms with van der Waals surface area (Å²) in [6, 6.07) is 7.25. The molecule has 0 unspecified atom stereocenters. The highest BCUT2D eigenvalue weighted by Gasteiger charge is 2.45. The molecule has 0 spiro atoms.